The molecule has 0 amide bonds. The number of benzene rings is 6. The zero-order valence-corrected chi connectivity index (χ0v) is 39.5. The van der Waals surface area contributed by atoms with Crippen molar-refractivity contribution < 1.29 is 10.2 Å². The first kappa shape index (κ1) is 38.0. The zero-order chi connectivity index (χ0) is 48.9. The number of anilines is 4. The van der Waals surface area contributed by atoms with Gasteiger partial charge in [0, 0.05) is 45.7 Å². The van der Waals surface area contributed by atoms with Crippen LogP contribution in [0.3, 0.4) is 0 Å². The van der Waals surface area contributed by atoms with Crippen LogP contribution in [0.1, 0.15) is 128 Å². The van der Waals surface area contributed by atoms with Crippen LogP contribution < -0.4 is 14.5 Å². The summed E-state index contributed by atoms with van der Waals surface area (Å²) in [5.74, 6) is 1.98. The van der Waals surface area contributed by atoms with Gasteiger partial charge >= 0.3 is 0 Å². The highest BCUT2D eigenvalue weighted by molar-refractivity contribution is 6.09. The lowest BCUT2D eigenvalue weighted by Gasteiger charge is -2.38. The SMILES string of the molecule is [2H]C1([2H])CCCC([2H])([2H])C1(c1ccccc1)c1ccnc(-n2c3ccccc3c3ccc(Oc4cc(N5CN(c6c(C(C)(C)C)cccc6C(C)(C)C)c6ccccc65)cc(C(C)(C)C)c4)cc32)c1. The lowest BCUT2D eigenvalue weighted by atomic mass is 9.65. The molecule has 0 N–H and O–H groups in total. The van der Waals surface area contributed by atoms with Gasteiger partial charge in [-0.1, -0.05) is 160 Å². The van der Waals surface area contributed by atoms with E-state index in [4.69, 9.17) is 9.72 Å². The second-order valence-electron chi connectivity index (χ2n) is 21.0. The van der Waals surface area contributed by atoms with Crippen molar-refractivity contribution in [2.75, 3.05) is 16.5 Å². The van der Waals surface area contributed by atoms with Crippen molar-refractivity contribution in [3.63, 3.8) is 0 Å². The maximum atomic E-state index is 9.55. The van der Waals surface area contributed by atoms with Crippen LogP contribution in [0.25, 0.3) is 27.6 Å². The summed E-state index contributed by atoms with van der Waals surface area (Å²) in [5.41, 5.74) is 9.52. The highest BCUT2D eigenvalue weighted by atomic mass is 16.5. The van der Waals surface area contributed by atoms with Crippen LogP contribution in [-0.4, -0.2) is 16.2 Å². The van der Waals surface area contributed by atoms with Crippen LogP contribution in [0.4, 0.5) is 22.7 Å². The summed E-state index contributed by atoms with van der Waals surface area (Å²) in [6, 6.07) is 49.8. The Labute approximate surface area is 392 Å². The van der Waals surface area contributed by atoms with E-state index >= 15 is 0 Å². The standard InChI is InChI=1S/C60H64N4O/c1-57(2,3)43-35-44(62-40-63(53-28-17-16-27-52(53)62)56-49(58(4,5)6)24-20-25-50(56)59(7,8)9)38-46(36-43)65-45-29-30-48-47-23-14-15-26-51(47)64(54(48)39-45)55-37-42(31-34-61-55)60(32-18-11-19-33-60)41-21-12-10-13-22-41/h10,12-17,20-31,34-39H,11,18-19,32-33,40H2,1-9H3/i32D2,33D2. The number of hydrogen-bond donors (Lipinski definition) is 0. The maximum absolute atomic E-state index is 9.55. The molecule has 0 unspecified atom stereocenters. The summed E-state index contributed by atoms with van der Waals surface area (Å²) < 4.78 is 47.3. The molecule has 65 heavy (non-hydrogen) atoms. The van der Waals surface area contributed by atoms with Crippen LogP contribution >= 0.6 is 0 Å². The number of nitrogens with zero attached hydrogens (tertiary/aromatic N) is 4. The predicted molar refractivity (Wildman–Crippen MR) is 274 cm³/mol. The molecule has 0 radical (unpaired) electrons. The van der Waals surface area contributed by atoms with E-state index in [0.29, 0.717) is 35.8 Å². The van der Waals surface area contributed by atoms with Crippen molar-refractivity contribution in [3.05, 3.63) is 180 Å². The average Bonchev–Trinajstić information content (AvgIpc) is 3.84. The molecule has 2 aliphatic rings. The average molecular weight is 861 g/mol. The van der Waals surface area contributed by atoms with E-state index in [2.05, 4.69) is 162 Å². The van der Waals surface area contributed by atoms with E-state index in [9.17, 15) is 5.48 Å². The molecule has 1 aliphatic heterocycles. The molecule has 0 spiro atoms. The summed E-state index contributed by atoms with van der Waals surface area (Å²) in [5, 5.41) is 2.07. The number of ether oxygens (including phenoxy) is 1. The number of aromatic nitrogens is 2. The van der Waals surface area contributed by atoms with Gasteiger partial charge in [-0.3, -0.25) is 4.57 Å². The summed E-state index contributed by atoms with van der Waals surface area (Å²) in [4.78, 5) is 9.88. The van der Waals surface area contributed by atoms with Gasteiger partial charge in [0.1, 0.15) is 24.0 Å². The van der Waals surface area contributed by atoms with Crippen LogP contribution in [0.2, 0.25) is 0 Å². The molecule has 1 aliphatic carbocycles. The number of hydrogen-bond acceptors (Lipinski definition) is 4. The quantitative estimate of drug-likeness (QED) is 0.160. The van der Waals surface area contributed by atoms with Crippen LogP contribution in [0, 0.1) is 0 Å². The van der Waals surface area contributed by atoms with Gasteiger partial charge in [-0.05, 0) is 111 Å². The molecule has 1 fully saturated rings. The molecular formula is C60H64N4O. The fourth-order valence-electron chi connectivity index (χ4n) is 10.0. The summed E-state index contributed by atoms with van der Waals surface area (Å²) >= 11 is 0. The van der Waals surface area contributed by atoms with E-state index in [-0.39, 0.29) is 29.1 Å². The minimum atomic E-state index is -1.88. The molecule has 5 nitrogen and oxygen atoms in total. The Kier molecular flexibility index (Phi) is 9.34. The molecule has 5 heteroatoms. The number of fused-ring (bicyclic) bond motifs is 4. The van der Waals surface area contributed by atoms with Crippen molar-refractivity contribution in [3.8, 4) is 17.3 Å². The largest absolute Gasteiger partial charge is 0.457 e. The van der Waals surface area contributed by atoms with E-state index in [1.54, 1.807) is 6.20 Å². The molecule has 0 bridgehead atoms. The minimum absolute atomic E-state index is 0.0803. The van der Waals surface area contributed by atoms with Gasteiger partial charge in [0.25, 0.3) is 0 Å². The number of pyridine rings is 1. The fourth-order valence-corrected chi connectivity index (χ4v) is 10.0. The molecule has 330 valence electrons. The predicted octanol–water partition coefficient (Wildman–Crippen LogP) is 16.4. The molecule has 0 saturated heterocycles. The normalized spacial score (nSPS) is 17.9. The van der Waals surface area contributed by atoms with Crippen LogP contribution in [0.5, 0.6) is 11.5 Å². The number of para-hydroxylation sites is 4. The fraction of sp³-hybridized carbons (Fsp3) is 0.317. The molecule has 2 aromatic heterocycles. The van der Waals surface area contributed by atoms with Crippen LogP contribution in [-0.2, 0) is 21.7 Å². The van der Waals surface area contributed by atoms with Gasteiger partial charge in [0.15, 0.2) is 0 Å². The lowest BCUT2D eigenvalue weighted by molar-refractivity contribution is 0.345. The van der Waals surface area contributed by atoms with E-state index in [1.165, 1.54) is 22.5 Å². The smallest absolute Gasteiger partial charge is 0.137 e. The first-order valence-electron chi connectivity index (χ1n) is 25.3. The van der Waals surface area contributed by atoms with Gasteiger partial charge in [-0.15, -0.1) is 0 Å². The molecule has 3 heterocycles. The second kappa shape index (κ2) is 16.0. The van der Waals surface area contributed by atoms with Gasteiger partial charge in [-0.2, -0.15) is 0 Å². The van der Waals surface area contributed by atoms with Crippen molar-refractivity contribution >= 4 is 44.6 Å². The zero-order valence-electron chi connectivity index (χ0n) is 43.5. The minimum Gasteiger partial charge on any atom is -0.457 e. The lowest BCUT2D eigenvalue weighted by Crippen LogP contribution is -2.30. The van der Waals surface area contributed by atoms with Gasteiger partial charge < -0.3 is 14.5 Å². The topological polar surface area (TPSA) is 33.5 Å². The summed E-state index contributed by atoms with van der Waals surface area (Å²) in [7, 11) is 0. The Balaban J connectivity index is 1.09. The Morgan fingerprint density at radius 1 is 0.538 bits per heavy atom. The third kappa shape index (κ3) is 7.67. The first-order chi connectivity index (χ1) is 32.6. The molecule has 6 aromatic carbocycles. The summed E-state index contributed by atoms with van der Waals surface area (Å²) in [6.45, 7) is 21.2. The van der Waals surface area contributed by atoms with Gasteiger partial charge in [0.2, 0.25) is 0 Å². The van der Waals surface area contributed by atoms with Gasteiger partial charge in [0.05, 0.1) is 28.1 Å². The molecular weight excluding hydrogens is 793 g/mol. The monoisotopic (exact) mass is 861 g/mol. The second-order valence-corrected chi connectivity index (χ2v) is 21.0. The highest BCUT2D eigenvalue weighted by Gasteiger charge is 2.37. The third-order valence-corrected chi connectivity index (χ3v) is 13.4. The molecule has 8 aromatic rings. The van der Waals surface area contributed by atoms with Crippen LogP contribution in [0.15, 0.2) is 152 Å². The Hall–Kier alpha value is -6.33. The molecule has 0 atom stereocenters. The maximum Gasteiger partial charge on any atom is 0.137 e. The molecule has 10 rings (SSSR count). The van der Waals surface area contributed by atoms with E-state index < -0.39 is 18.2 Å². The van der Waals surface area contributed by atoms with E-state index in [1.807, 2.05) is 60.7 Å². The Bertz CT molecular complexity index is 3200. The van der Waals surface area contributed by atoms with Crippen molar-refractivity contribution in [1.82, 2.24) is 9.55 Å². The Morgan fingerprint density at radius 3 is 1.88 bits per heavy atom. The summed E-state index contributed by atoms with van der Waals surface area (Å²) in [6.07, 6.45) is -1.08. The first-order valence-corrected chi connectivity index (χ1v) is 23.3. The van der Waals surface area contributed by atoms with Crippen molar-refractivity contribution in [2.24, 2.45) is 0 Å². The highest BCUT2D eigenvalue weighted by Crippen LogP contribution is 2.51. The van der Waals surface area contributed by atoms with E-state index in [0.717, 1.165) is 44.5 Å². The van der Waals surface area contributed by atoms with Crippen molar-refractivity contribution in [1.29, 1.82) is 0 Å². The Morgan fingerprint density at radius 2 is 1.18 bits per heavy atom. The number of rotatable bonds is 7. The van der Waals surface area contributed by atoms with Gasteiger partial charge in [-0.25, -0.2) is 4.98 Å². The molecule has 1 saturated carbocycles. The third-order valence-electron chi connectivity index (χ3n) is 13.4. The van der Waals surface area contributed by atoms with Crippen molar-refractivity contribution in [2.45, 2.75) is 116 Å².